The molecule has 4 aromatic rings. The van der Waals surface area contributed by atoms with Crippen LogP contribution >= 0.6 is 0 Å². The van der Waals surface area contributed by atoms with Gasteiger partial charge in [0.1, 0.15) is 5.75 Å². The minimum Gasteiger partial charge on any atom is -0.496 e. The predicted molar refractivity (Wildman–Crippen MR) is 119 cm³/mol. The van der Waals surface area contributed by atoms with E-state index in [-0.39, 0.29) is 11.7 Å². The molecule has 2 heterocycles. The Kier molecular flexibility index (Phi) is 4.82. The minimum atomic E-state index is 0.00496. The largest absolute Gasteiger partial charge is 0.496 e. The second-order valence-electron chi connectivity index (χ2n) is 7.75. The van der Waals surface area contributed by atoms with Gasteiger partial charge in [-0.3, -0.25) is 4.79 Å². The van der Waals surface area contributed by atoms with Crippen LogP contribution in [0.4, 0.5) is 0 Å². The summed E-state index contributed by atoms with van der Waals surface area (Å²) in [6.07, 6.45) is 5.29. The van der Waals surface area contributed by atoms with Crippen LogP contribution in [0, 0.1) is 12.8 Å². The molecule has 0 radical (unpaired) electrons. The zero-order valence-corrected chi connectivity index (χ0v) is 17.4. The SMILES string of the molecule is COc1ccccc1-c1c(C)nn2c3c(nnc12)C(=O)C[C@@H](/C=C/c1ccccc1)C3. The number of benzene rings is 2. The van der Waals surface area contributed by atoms with E-state index >= 15 is 0 Å². The molecule has 0 aliphatic heterocycles. The summed E-state index contributed by atoms with van der Waals surface area (Å²) in [5, 5.41) is 13.5. The Balaban J connectivity index is 1.59. The number of carbonyl (C=O) groups excluding carboxylic acids is 1. The van der Waals surface area contributed by atoms with Gasteiger partial charge in [-0.1, -0.05) is 60.7 Å². The van der Waals surface area contributed by atoms with E-state index < -0.39 is 0 Å². The first-order valence-corrected chi connectivity index (χ1v) is 10.3. The molecule has 1 atom stereocenters. The van der Waals surface area contributed by atoms with Gasteiger partial charge in [-0.25, -0.2) is 4.52 Å². The van der Waals surface area contributed by atoms with E-state index in [4.69, 9.17) is 9.84 Å². The molecule has 1 aliphatic rings. The van der Waals surface area contributed by atoms with Gasteiger partial charge in [0, 0.05) is 12.0 Å². The molecule has 1 aliphatic carbocycles. The van der Waals surface area contributed by atoms with Crippen LogP contribution in [0.2, 0.25) is 0 Å². The normalized spacial score (nSPS) is 16.1. The van der Waals surface area contributed by atoms with Crippen molar-refractivity contribution in [2.45, 2.75) is 19.8 Å². The highest BCUT2D eigenvalue weighted by molar-refractivity contribution is 5.97. The lowest BCUT2D eigenvalue weighted by Gasteiger charge is -2.20. The third-order valence-electron chi connectivity index (χ3n) is 5.71. The number of ether oxygens (including phenoxy) is 1. The Morgan fingerprint density at radius 3 is 2.61 bits per heavy atom. The van der Waals surface area contributed by atoms with Gasteiger partial charge in [0.2, 0.25) is 0 Å². The lowest BCUT2D eigenvalue weighted by molar-refractivity contribution is 0.0950. The van der Waals surface area contributed by atoms with Gasteiger partial charge in [0.25, 0.3) is 0 Å². The number of para-hydroxylation sites is 1. The van der Waals surface area contributed by atoms with E-state index in [1.807, 2.05) is 49.4 Å². The highest BCUT2D eigenvalue weighted by Gasteiger charge is 2.30. The molecule has 2 aromatic carbocycles. The smallest absolute Gasteiger partial charge is 0.185 e. The second kappa shape index (κ2) is 7.80. The van der Waals surface area contributed by atoms with Crippen LogP contribution in [-0.2, 0) is 6.42 Å². The third kappa shape index (κ3) is 3.40. The molecule has 6 nitrogen and oxygen atoms in total. The molecule has 0 fully saturated rings. The fraction of sp³-hybridized carbons (Fsp3) is 0.200. The van der Waals surface area contributed by atoms with Crippen molar-refractivity contribution in [2.24, 2.45) is 5.92 Å². The van der Waals surface area contributed by atoms with Gasteiger partial charge >= 0.3 is 0 Å². The van der Waals surface area contributed by atoms with Crippen molar-refractivity contribution in [1.29, 1.82) is 0 Å². The first-order valence-electron chi connectivity index (χ1n) is 10.3. The number of allylic oxidation sites excluding steroid dienone is 1. The minimum absolute atomic E-state index is 0.00496. The number of rotatable bonds is 4. The van der Waals surface area contributed by atoms with Gasteiger partial charge in [-0.15, -0.1) is 10.2 Å². The third-order valence-corrected chi connectivity index (χ3v) is 5.71. The molecule has 154 valence electrons. The fourth-order valence-corrected chi connectivity index (χ4v) is 4.22. The molecule has 6 heteroatoms. The second-order valence-corrected chi connectivity index (χ2v) is 7.75. The Bertz CT molecular complexity index is 1310. The number of hydrogen-bond acceptors (Lipinski definition) is 5. The topological polar surface area (TPSA) is 69.4 Å². The molecule has 0 amide bonds. The number of aromatic nitrogens is 4. The number of methoxy groups -OCH3 is 1. The highest BCUT2D eigenvalue weighted by atomic mass is 16.5. The molecular weight excluding hydrogens is 388 g/mol. The van der Waals surface area contributed by atoms with Crippen molar-refractivity contribution in [1.82, 2.24) is 19.8 Å². The number of nitrogens with zero attached hydrogens (tertiary/aromatic N) is 4. The van der Waals surface area contributed by atoms with Crippen molar-refractivity contribution in [3.8, 4) is 16.9 Å². The summed E-state index contributed by atoms with van der Waals surface area (Å²) < 4.78 is 7.34. The van der Waals surface area contributed by atoms with Gasteiger partial charge in [-0.2, -0.15) is 5.10 Å². The van der Waals surface area contributed by atoms with Crippen LogP contribution in [-0.4, -0.2) is 32.7 Å². The average molecular weight is 410 g/mol. The van der Waals surface area contributed by atoms with Crippen molar-refractivity contribution in [2.75, 3.05) is 7.11 Å². The number of fused-ring (bicyclic) bond motifs is 3. The van der Waals surface area contributed by atoms with Crippen molar-refractivity contribution in [3.05, 3.63) is 83.3 Å². The van der Waals surface area contributed by atoms with Gasteiger partial charge in [0.05, 0.1) is 24.1 Å². The molecule has 0 saturated heterocycles. The lowest BCUT2D eigenvalue weighted by atomic mass is 9.88. The molecule has 2 aromatic heterocycles. The summed E-state index contributed by atoms with van der Waals surface area (Å²) in [4.78, 5) is 12.8. The van der Waals surface area contributed by atoms with Crippen molar-refractivity contribution in [3.63, 3.8) is 0 Å². The Labute approximate surface area is 180 Å². The number of ketones is 1. The summed E-state index contributed by atoms with van der Waals surface area (Å²) in [6, 6.07) is 17.9. The maximum Gasteiger partial charge on any atom is 0.185 e. The Morgan fingerprint density at radius 2 is 1.81 bits per heavy atom. The zero-order valence-electron chi connectivity index (χ0n) is 17.4. The maximum absolute atomic E-state index is 12.8. The van der Waals surface area contributed by atoms with Gasteiger partial charge < -0.3 is 4.74 Å². The monoisotopic (exact) mass is 410 g/mol. The van der Waals surface area contributed by atoms with E-state index in [1.54, 1.807) is 11.6 Å². The van der Waals surface area contributed by atoms with Crippen LogP contribution in [0.5, 0.6) is 5.75 Å². The molecule has 0 N–H and O–H groups in total. The summed E-state index contributed by atoms with van der Waals surface area (Å²) in [6.45, 7) is 1.94. The number of hydrogen-bond donors (Lipinski definition) is 0. The Morgan fingerprint density at radius 1 is 1.03 bits per heavy atom. The molecule has 0 unspecified atom stereocenters. The Hall–Kier alpha value is -3.80. The van der Waals surface area contributed by atoms with E-state index in [9.17, 15) is 4.79 Å². The van der Waals surface area contributed by atoms with E-state index in [0.29, 0.717) is 24.2 Å². The van der Waals surface area contributed by atoms with Crippen LogP contribution in [0.3, 0.4) is 0 Å². The van der Waals surface area contributed by atoms with Crippen LogP contribution in [0.25, 0.3) is 22.9 Å². The maximum atomic E-state index is 12.8. The molecule has 0 saturated carbocycles. The van der Waals surface area contributed by atoms with Crippen LogP contribution in [0.1, 0.15) is 33.9 Å². The lowest BCUT2D eigenvalue weighted by Crippen LogP contribution is -2.24. The summed E-state index contributed by atoms with van der Waals surface area (Å²) in [7, 11) is 1.65. The van der Waals surface area contributed by atoms with E-state index in [2.05, 4.69) is 34.5 Å². The van der Waals surface area contributed by atoms with Crippen LogP contribution < -0.4 is 4.74 Å². The number of carbonyl (C=O) groups is 1. The van der Waals surface area contributed by atoms with Gasteiger partial charge in [0.15, 0.2) is 17.1 Å². The molecule has 5 rings (SSSR count). The molecule has 0 spiro atoms. The van der Waals surface area contributed by atoms with Crippen LogP contribution in [0.15, 0.2) is 60.7 Å². The van der Waals surface area contributed by atoms with Crippen molar-refractivity contribution >= 4 is 17.5 Å². The molecule has 31 heavy (non-hydrogen) atoms. The summed E-state index contributed by atoms with van der Waals surface area (Å²) in [5.41, 5.74) is 5.60. The fourth-order valence-electron chi connectivity index (χ4n) is 4.22. The van der Waals surface area contributed by atoms with E-state index in [1.165, 1.54) is 0 Å². The average Bonchev–Trinajstić information content (AvgIpc) is 3.14. The first kappa shape index (κ1) is 19.2. The summed E-state index contributed by atoms with van der Waals surface area (Å²) >= 11 is 0. The molecule has 0 bridgehead atoms. The summed E-state index contributed by atoms with van der Waals surface area (Å²) in [5.74, 6) is 0.844. The number of Topliss-reactive ketones (excluding diaryl/α,β-unsaturated/α-hetero) is 1. The molecular formula is C25H22N4O2. The number of aryl methyl sites for hydroxylation is 1. The quantitative estimate of drug-likeness (QED) is 0.493. The predicted octanol–water partition coefficient (Wildman–Crippen LogP) is 4.57. The standard InChI is InChI=1S/C25H22N4O2/c1-16-23(19-10-6-7-11-22(19)31-2)25-27-26-24-20(29(25)28-16)14-18(15-21(24)30)13-12-17-8-4-3-5-9-17/h3-13,18H,14-15H2,1-2H3/b13-12+/t18-/m0/s1. The first-order chi connectivity index (χ1) is 15.2. The highest BCUT2D eigenvalue weighted by Crippen LogP contribution is 2.35. The van der Waals surface area contributed by atoms with E-state index in [0.717, 1.165) is 33.8 Å². The van der Waals surface area contributed by atoms with Crippen molar-refractivity contribution < 1.29 is 9.53 Å². The van der Waals surface area contributed by atoms with Gasteiger partial charge in [-0.05, 0) is 30.9 Å². The zero-order chi connectivity index (χ0) is 21.4.